The Morgan fingerprint density at radius 1 is 1.27 bits per heavy atom. The molecule has 0 spiro atoms. The van der Waals surface area contributed by atoms with E-state index in [9.17, 15) is 14.3 Å². The fourth-order valence-corrected chi connectivity index (χ4v) is 3.62. The number of methoxy groups -OCH3 is 1. The topological polar surface area (TPSA) is 63.8 Å². The zero-order chi connectivity index (χ0) is 18.3. The van der Waals surface area contributed by atoms with Gasteiger partial charge in [-0.2, -0.15) is 0 Å². The van der Waals surface area contributed by atoms with Crippen LogP contribution in [0.4, 0.5) is 4.39 Å². The molecule has 0 aliphatic heterocycles. The number of hydrogen-bond acceptors (Lipinski definition) is 5. The Bertz CT molecular complexity index is 1220. The summed E-state index contributed by atoms with van der Waals surface area (Å²) in [5.41, 5.74) is 1.84. The molecule has 0 unspecified atom stereocenters. The van der Waals surface area contributed by atoms with E-state index in [4.69, 9.17) is 4.74 Å². The number of imidazole rings is 1. The minimum atomic E-state index is -0.809. The van der Waals surface area contributed by atoms with E-state index in [1.54, 1.807) is 12.3 Å². The summed E-state index contributed by atoms with van der Waals surface area (Å²) >= 11 is 1.22. The molecule has 1 N–H and O–H groups in total. The number of halogens is 1. The molecule has 0 bridgehead atoms. The van der Waals surface area contributed by atoms with Crippen LogP contribution in [0.1, 0.15) is 5.56 Å². The molecule has 4 aromatic rings. The lowest BCUT2D eigenvalue weighted by molar-refractivity contribution is 0.357. The van der Waals surface area contributed by atoms with Crippen molar-refractivity contribution in [2.24, 2.45) is 0 Å². The molecule has 0 amide bonds. The zero-order valence-electron chi connectivity index (χ0n) is 13.6. The van der Waals surface area contributed by atoms with E-state index in [0.717, 1.165) is 17.3 Å². The molecule has 0 atom stereocenters. The predicted molar refractivity (Wildman–Crippen MR) is 98.2 cm³/mol. The van der Waals surface area contributed by atoms with Gasteiger partial charge in [0, 0.05) is 11.8 Å². The van der Waals surface area contributed by atoms with Crippen molar-refractivity contribution < 1.29 is 14.2 Å². The van der Waals surface area contributed by atoms with E-state index in [1.807, 2.05) is 30.3 Å². The van der Waals surface area contributed by atoms with Crippen LogP contribution >= 0.6 is 11.3 Å². The number of benzene rings is 2. The molecule has 2 aromatic heterocycles. The third-order valence-corrected chi connectivity index (χ3v) is 4.93. The summed E-state index contributed by atoms with van der Waals surface area (Å²) in [6.07, 6.45) is 3.24. The van der Waals surface area contributed by atoms with Crippen molar-refractivity contribution in [3.05, 3.63) is 74.9 Å². The first-order valence-corrected chi connectivity index (χ1v) is 8.54. The molecule has 0 fully saturated rings. The maximum Gasteiger partial charge on any atom is 0.274 e. The van der Waals surface area contributed by atoms with Crippen molar-refractivity contribution in [1.82, 2.24) is 9.38 Å². The first kappa shape index (κ1) is 16.3. The van der Waals surface area contributed by atoms with E-state index in [-0.39, 0.29) is 11.3 Å². The highest BCUT2D eigenvalue weighted by atomic mass is 32.1. The lowest BCUT2D eigenvalue weighted by Crippen LogP contribution is -2.22. The molecule has 0 saturated carbocycles. The van der Waals surface area contributed by atoms with E-state index in [1.165, 1.54) is 28.9 Å². The molecule has 26 heavy (non-hydrogen) atoms. The summed E-state index contributed by atoms with van der Waals surface area (Å²) in [7, 11) is 1.33. The van der Waals surface area contributed by atoms with E-state index >= 15 is 0 Å². The second-order valence-corrected chi connectivity index (χ2v) is 6.62. The molecule has 5 nitrogen and oxygen atoms in total. The molecule has 4 rings (SSSR count). The minimum absolute atomic E-state index is 0.0106. The average Bonchev–Trinajstić information content (AvgIpc) is 3.19. The van der Waals surface area contributed by atoms with Crippen LogP contribution in [0, 0.1) is 5.82 Å². The number of phenolic OH excluding ortho intramolecular Hbond substituents is 1. The van der Waals surface area contributed by atoms with Crippen LogP contribution < -0.4 is 14.8 Å². The minimum Gasteiger partial charge on any atom is -0.502 e. The Morgan fingerprint density at radius 2 is 2.04 bits per heavy atom. The van der Waals surface area contributed by atoms with E-state index < -0.39 is 11.6 Å². The molecule has 2 heterocycles. The normalized spacial score (nSPS) is 12.0. The van der Waals surface area contributed by atoms with Crippen molar-refractivity contribution in [3.63, 3.8) is 0 Å². The number of nitrogens with zero attached hydrogens (tertiary/aromatic N) is 2. The highest BCUT2D eigenvalue weighted by Gasteiger charge is 2.12. The second kappa shape index (κ2) is 6.27. The van der Waals surface area contributed by atoms with Crippen LogP contribution in [-0.4, -0.2) is 21.6 Å². The maximum atomic E-state index is 13.8. The van der Waals surface area contributed by atoms with Crippen molar-refractivity contribution in [3.8, 4) is 22.8 Å². The van der Waals surface area contributed by atoms with Gasteiger partial charge in [-0.3, -0.25) is 9.20 Å². The van der Waals surface area contributed by atoms with Gasteiger partial charge in [0.05, 0.1) is 17.3 Å². The van der Waals surface area contributed by atoms with Gasteiger partial charge in [0.1, 0.15) is 0 Å². The molecule has 7 heteroatoms. The summed E-state index contributed by atoms with van der Waals surface area (Å²) in [5, 5.41) is 9.58. The molecule has 0 aliphatic carbocycles. The summed E-state index contributed by atoms with van der Waals surface area (Å²) < 4.78 is 20.6. The highest BCUT2D eigenvalue weighted by Crippen LogP contribution is 2.30. The van der Waals surface area contributed by atoms with E-state index in [2.05, 4.69) is 4.98 Å². The van der Waals surface area contributed by atoms with Crippen LogP contribution in [0.15, 0.2) is 53.5 Å². The maximum absolute atomic E-state index is 13.8. The molecular weight excluding hydrogens is 355 g/mol. The first-order chi connectivity index (χ1) is 12.6. The second-order valence-electron chi connectivity index (χ2n) is 5.61. The lowest BCUT2D eigenvalue weighted by Gasteiger charge is -2.04. The lowest BCUT2D eigenvalue weighted by atomic mass is 10.2. The van der Waals surface area contributed by atoms with Gasteiger partial charge in [-0.25, -0.2) is 9.37 Å². The number of aromatic nitrogens is 2. The third kappa shape index (κ3) is 2.72. The van der Waals surface area contributed by atoms with Gasteiger partial charge in [0.15, 0.2) is 22.3 Å². The van der Waals surface area contributed by atoms with Crippen LogP contribution in [0.2, 0.25) is 0 Å². The third-order valence-electron chi connectivity index (χ3n) is 3.94. The number of ether oxygens (including phenoxy) is 1. The number of phenols is 1. The number of rotatable bonds is 3. The Hall–Kier alpha value is -3.19. The smallest absolute Gasteiger partial charge is 0.274 e. The Kier molecular flexibility index (Phi) is 3.93. The van der Waals surface area contributed by atoms with Crippen molar-refractivity contribution >= 4 is 22.4 Å². The van der Waals surface area contributed by atoms with Gasteiger partial charge in [-0.15, -0.1) is 0 Å². The van der Waals surface area contributed by atoms with Crippen LogP contribution in [0.3, 0.4) is 0 Å². The Balaban J connectivity index is 1.82. The first-order valence-electron chi connectivity index (χ1n) is 7.72. The summed E-state index contributed by atoms with van der Waals surface area (Å²) in [6.45, 7) is 0. The van der Waals surface area contributed by atoms with Gasteiger partial charge in [0.25, 0.3) is 5.56 Å². The number of hydrogen-bond donors (Lipinski definition) is 1. The van der Waals surface area contributed by atoms with E-state index in [0.29, 0.717) is 15.1 Å². The predicted octanol–water partition coefficient (Wildman–Crippen LogP) is 2.82. The zero-order valence-corrected chi connectivity index (χ0v) is 14.5. The number of thiazole rings is 1. The number of fused-ring (bicyclic) bond motifs is 1. The standard InChI is InChI=1S/C19H13FN2O3S/c1-25-15-8-11(7-13(20)17(15)23)9-16-18(24)22-10-14(21-19(22)26-16)12-5-3-2-4-6-12/h2-10,23H,1H3. The monoisotopic (exact) mass is 368 g/mol. The van der Waals surface area contributed by atoms with Gasteiger partial charge in [-0.1, -0.05) is 41.7 Å². The molecule has 0 radical (unpaired) electrons. The highest BCUT2D eigenvalue weighted by molar-refractivity contribution is 7.15. The summed E-state index contributed by atoms with van der Waals surface area (Å²) in [4.78, 5) is 17.7. The van der Waals surface area contributed by atoms with Crippen LogP contribution in [-0.2, 0) is 0 Å². The van der Waals surface area contributed by atoms with Gasteiger partial charge in [-0.05, 0) is 23.8 Å². The summed E-state index contributed by atoms with van der Waals surface area (Å²) in [6, 6.07) is 12.2. The quantitative estimate of drug-likeness (QED) is 0.604. The van der Waals surface area contributed by atoms with Gasteiger partial charge < -0.3 is 9.84 Å². The molecule has 2 aromatic carbocycles. The molecular formula is C19H13FN2O3S. The van der Waals surface area contributed by atoms with Crippen molar-refractivity contribution in [1.29, 1.82) is 0 Å². The Morgan fingerprint density at radius 3 is 2.73 bits per heavy atom. The number of aromatic hydroxyl groups is 1. The fourth-order valence-electron chi connectivity index (χ4n) is 2.66. The molecule has 130 valence electrons. The van der Waals surface area contributed by atoms with Crippen LogP contribution in [0.25, 0.3) is 22.3 Å². The Labute approximate surface area is 151 Å². The summed E-state index contributed by atoms with van der Waals surface area (Å²) in [5.74, 6) is -1.35. The van der Waals surface area contributed by atoms with Crippen LogP contribution in [0.5, 0.6) is 11.5 Å². The molecule has 0 aliphatic rings. The van der Waals surface area contributed by atoms with Crippen molar-refractivity contribution in [2.75, 3.05) is 7.11 Å². The van der Waals surface area contributed by atoms with Crippen molar-refractivity contribution in [2.45, 2.75) is 0 Å². The average molecular weight is 368 g/mol. The van der Waals surface area contributed by atoms with Gasteiger partial charge >= 0.3 is 0 Å². The largest absolute Gasteiger partial charge is 0.502 e. The SMILES string of the molecule is COc1cc(C=c2sc3nc(-c4ccccc4)cn3c2=O)cc(F)c1O. The van der Waals surface area contributed by atoms with Gasteiger partial charge in [0.2, 0.25) is 0 Å². The molecule has 0 saturated heterocycles. The fraction of sp³-hybridized carbons (Fsp3) is 0.0526.